The number of benzene rings is 1. The van der Waals surface area contributed by atoms with Crippen LogP contribution in [-0.4, -0.2) is 25.0 Å². The fraction of sp³-hybridized carbons (Fsp3) is 0.167. The lowest BCUT2D eigenvalue weighted by atomic mass is 10.2. The molecule has 0 N–H and O–H groups in total. The van der Waals surface area contributed by atoms with Gasteiger partial charge < -0.3 is 4.57 Å². The molecular weight excluding hydrogens is 300 g/mol. The normalized spacial score (nSPS) is 11.1. The summed E-state index contributed by atoms with van der Waals surface area (Å²) in [7, 11) is -0.823. The highest BCUT2D eigenvalue weighted by Gasteiger charge is 2.27. The Bertz CT molecular complexity index is 775. The first-order chi connectivity index (χ1) is 9.37. The van der Waals surface area contributed by atoms with E-state index in [0.29, 0.717) is 11.3 Å². The summed E-state index contributed by atoms with van der Waals surface area (Å²) in [5, 5.41) is 8.58. The topological polar surface area (TPSA) is 79.0 Å². The van der Waals surface area contributed by atoms with Gasteiger partial charge in [0.05, 0.1) is 23.6 Å². The zero-order valence-corrected chi connectivity index (χ0v) is 12.4. The second-order valence-corrected chi connectivity index (χ2v) is 6.33. The van der Waals surface area contributed by atoms with E-state index in [1.807, 2.05) is 6.07 Å². The number of rotatable bonds is 3. The molecule has 0 saturated carbocycles. The molecule has 2 aromatic rings. The van der Waals surface area contributed by atoms with Crippen molar-refractivity contribution in [2.75, 3.05) is 11.4 Å². The first kappa shape index (κ1) is 14.4. The molecule has 0 fully saturated rings. The number of nitriles is 1. The molecular formula is C12H11ClN4O2S. The van der Waals surface area contributed by atoms with Gasteiger partial charge in [0.2, 0.25) is 5.03 Å². The van der Waals surface area contributed by atoms with Crippen LogP contribution in [0.25, 0.3) is 0 Å². The van der Waals surface area contributed by atoms with Crippen LogP contribution >= 0.6 is 11.6 Å². The molecule has 6 nitrogen and oxygen atoms in total. The van der Waals surface area contributed by atoms with Crippen molar-refractivity contribution in [1.82, 2.24) is 9.55 Å². The van der Waals surface area contributed by atoms with Crippen LogP contribution in [0.2, 0.25) is 5.15 Å². The van der Waals surface area contributed by atoms with Gasteiger partial charge in [-0.1, -0.05) is 11.6 Å². The van der Waals surface area contributed by atoms with Gasteiger partial charge in [-0.25, -0.2) is 4.98 Å². The Hall–Kier alpha value is -2.04. The van der Waals surface area contributed by atoms with Gasteiger partial charge in [-0.15, -0.1) is 0 Å². The van der Waals surface area contributed by atoms with E-state index in [4.69, 9.17) is 16.9 Å². The van der Waals surface area contributed by atoms with Gasteiger partial charge in [0.25, 0.3) is 10.0 Å². The van der Waals surface area contributed by atoms with Gasteiger partial charge in [-0.2, -0.15) is 13.7 Å². The fourth-order valence-corrected chi connectivity index (χ4v) is 3.16. The van der Waals surface area contributed by atoms with E-state index < -0.39 is 10.0 Å². The van der Waals surface area contributed by atoms with Crippen molar-refractivity contribution < 1.29 is 8.42 Å². The first-order valence-electron chi connectivity index (χ1n) is 5.54. The maximum Gasteiger partial charge on any atom is 0.284 e. The molecule has 0 atom stereocenters. The predicted molar refractivity (Wildman–Crippen MR) is 75.0 cm³/mol. The van der Waals surface area contributed by atoms with E-state index in [-0.39, 0.29) is 10.2 Å². The summed E-state index contributed by atoms with van der Waals surface area (Å²) in [5.74, 6) is 0. The molecule has 1 aromatic heterocycles. The van der Waals surface area contributed by atoms with Crippen LogP contribution in [0, 0.1) is 11.3 Å². The van der Waals surface area contributed by atoms with Crippen LogP contribution in [-0.2, 0) is 17.1 Å². The van der Waals surface area contributed by atoms with E-state index in [9.17, 15) is 8.42 Å². The smallest absolute Gasteiger partial charge is 0.284 e. The summed E-state index contributed by atoms with van der Waals surface area (Å²) in [4.78, 5) is 3.82. The molecule has 0 unspecified atom stereocenters. The van der Waals surface area contributed by atoms with Crippen LogP contribution in [0.4, 0.5) is 5.69 Å². The molecule has 0 aliphatic carbocycles. The molecule has 0 aliphatic rings. The molecule has 0 spiro atoms. The van der Waals surface area contributed by atoms with E-state index in [1.165, 1.54) is 17.9 Å². The second kappa shape index (κ2) is 5.15. The van der Waals surface area contributed by atoms with Gasteiger partial charge >= 0.3 is 0 Å². The summed E-state index contributed by atoms with van der Waals surface area (Å²) >= 11 is 5.92. The monoisotopic (exact) mass is 310 g/mol. The number of imidazole rings is 1. The molecule has 0 amide bonds. The van der Waals surface area contributed by atoms with Crippen LogP contribution in [0.3, 0.4) is 0 Å². The average molecular weight is 311 g/mol. The lowest BCUT2D eigenvalue weighted by Gasteiger charge is -2.18. The highest BCUT2D eigenvalue weighted by atomic mass is 35.5. The molecule has 8 heteroatoms. The number of sulfonamides is 1. The summed E-state index contributed by atoms with van der Waals surface area (Å²) in [6.45, 7) is 0. The predicted octanol–water partition coefficient (Wildman–Crippen LogP) is 1.77. The zero-order valence-electron chi connectivity index (χ0n) is 10.8. The van der Waals surface area contributed by atoms with Gasteiger partial charge in [0, 0.05) is 14.1 Å². The number of halogens is 1. The van der Waals surface area contributed by atoms with Crippen molar-refractivity contribution in [2.45, 2.75) is 5.03 Å². The molecule has 104 valence electrons. The van der Waals surface area contributed by atoms with Crippen molar-refractivity contribution in [2.24, 2.45) is 7.05 Å². The molecule has 0 radical (unpaired) electrons. The number of hydrogen-bond acceptors (Lipinski definition) is 4. The van der Waals surface area contributed by atoms with Crippen LogP contribution in [0.5, 0.6) is 0 Å². The highest BCUT2D eigenvalue weighted by Crippen LogP contribution is 2.25. The maximum absolute atomic E-state index is 12.4. The number of nitrogens with zero attached hydrogens (tertiary/aromatic N) is 4. The van der Waals surface area contributed by atoms with Crippen LogP contribution in [0.1, 0.15) is 5.56 Å². The van der Waals surface area contributed by atoms with E-state index >= 15 is 0 Å². The average Bonchev–Trinajstić information content (AvgIpc) is 2.79. The lowest BCUT2D eigenvalue weighted by Crippen LogP contribution is -2.27. The van der Waals surface area contributed by atoms with Gasteiger partial charge in [0.1, 0.15) is 5.15 Å². The molecule has 1 heterocycles. The number of aryl methyl sites for hydroxylation is 1. The van der Waals surface area contributed by atoms with E-state index in [1.54, 1.807) is 31.3 Å². The third-order valence-electron chi connectivity index (χ3n) is 2.80. The number of hydrogen-bond donors (Lipinski definition) is 0. The zero-order chi connectivity index (χ0) is 14.9. The minimum Gasteiger partial charge on any atom is -0.324 e. The summed E-state index contributed by atoms with van der Waals surface area (Å²) in [6, 6.07) is 8.15. The molecule has 0 bridgehead atoms. The molecule has 20 heavy (non-hydrogen) atoms. The van der Waals surface area contributed by atoms with E-state index in [0.717, 1.165) is 4.31 Å². The summed E-state index contributed by atoms with van der Waals surface area (Å²) in [5.41, 5.74) is 0.876. The van der Waals surface area contributed by atoms with Gasteiger partial charge in [-0.05, 0) is 24.3 Å². The summed E-state index contributed by atoms with van der Waals surface area (Å²) in [6.07, 6.45) is 1.34. The van der Waals surface area contributed by atoms with Gasteiger partial charge in [-0.3, -0.25) is 4.31 Å². The minimum absolute atomic E-state index is 0.0468. The Balaban J connectivity index is 2.43. The number of aromatic nitrogens is 2. The van der Waals surface area contributed by atoms with Crippen molar-refractivity contribution in [3.8, 4) is 6.07 Å². The Morgan fingerprint density at radius 2 is 1.95 bits per heavy atom. The van der Waals surface area contributed by atoms with Crippen LogP contribution < -0.4 is 4.31 Å². The van der Waals surface area contributed by atoms with Crippen molar-refractivity contribution in [1.29, 1.82) is 5.26 Å². The third kappa shape index (κ3) is 2.35. The van der Waals surface area contributed by atoms with Crippen molar-refractivity contribution in [3.63, 3.8) is 0 Å². The Kier molecular flexibility index (Phi) is 3.70. The van der Waals surface area contributed by atoms with Gasteiger partial charge in [0.15, 0.2) is 0 Å². The minimum atomic E-state index is -3.83. The van der Waals surface area contributed by atoms with Crippen LogP contribution in [0.15, 0.2) is 35.6 Å². The maximum atomic E-state index is 12.4. The largest absolute Gasteiger partial charge is 0.324 e. The first-order valence-corrected chi connectivity index (χ1v) is 7.35. The third-order valence-corrected chi connectivity index (χ3v) is 5.08. The Labute approximate surface area is 121 Å². The van der Waals surface area contributed by atoms with Crippen molar-refractivity contribution in [3.05, 3.63) is 41.3 Å². The number of anilines is 1. The Morgan fingerprint density at radius 3 is 2.40 bits per heavy atom. The lowest BCUT2D eigenvalue weighted by molar-refractivity contribution is 0.591. The summed E-state index contributed by atoms with van der Waals surface area (Å²) < 4.78 is 27.3. The SMILES string of the molecule is CN(c1ccc(C#N)cc1)S(=O)(=O)c1ncn(C)c1Cl. The molecule has 0 aliphatic heterocycles. The fourth-order valence-electron chi connectivity index (χ4n) is 1.58. The van der Waals surface area contributed by atoms with E-state index in [2.05, 4.69) is 4.98 Å². The quantitative estimate of drug-likeness (QED) is 0.865. The Morgan fingerprint density at radius 1 is 1.35 bits per heavy atom. The van der Waals surface area contributed by atoms with Crippen molar-refractivity contribution >= 4 is 27.3 Å². The standard InChI is InChI=1S/C12H11ClN4O2S/c1-16-8-15-12(11(16)13)20(18,19)17(2)10-5-3-9(7-14)4-6-10/h3-6,8H,1-2H3. The molecule has 0 saturated heterocycles. The second-order valence-electron chi connectivity index (χ2n) is 4.08. The highest BCUT2D eigenvalue weighted by molar-refractivity contribution is 7.92. The molecule has 2 rings (SSSR count). The molecule has 1 aromatic carbocycles.